The van der Waals surface area contributed by atoms with E-state index < -0.39 is 5.97 Å². The Balaban J connectivity index is 1.95. The van der Waals surface area contributed by atoms with Crippen LogP contribution in [0.2, 0.25) is 0 Å². The molecule has 0 radical (unpaired) electrons. The Morgan fingerprint density at radius 1 is 1.69 bits per heavy atom. The van der Waals surface area contributed by atoms with E-state index in [0.717, 1.165) is 19.6 Å². The second-order valence-electron chi connectivity index (χ2n) is 4.40. The molecule has 1 fully saturated rings. The van der Waals surface area contributed by atoms with E-state index in [9.17, 15) is 4.79 Å². The minimum Gasteiger partial charge on any atom is -0.476 e. The molecule has 88 valence electrons. The fraction of sp³-hybridized carbons (Fsp3) is 0.700. The number of hydrogen-bond donors (Lipinski definition) is 1. The molecule has 0 aromatic carbocycles. The van der Waals surface area contributed by atoms with Crippen LogP contribution in [0.25, 0.3) is 0 Å². The molecule has 1 aliphatic rings. The van der Waals surface area contributed by atoms with Gasteiger partial charge in [0.05, 0.1) is 6.20 Å². The summed E-state index contributed by atoms with van der Waals surface area (Å²) in [6.45, 7) is 2.95. The number of carboxylic acids is 1. The summed E-state index contributed by atoms with van der Waals surface area (Å²) in [5.74, 6) is -0.478. The van der Waals surface area contributed by atoms with Gasteiger partial charge in [0, 0.05) is 13.1 Å². The lowest BCUT2D eigenvalue weighted by Gasteiger charge is -2.29. The standard InChI is InChI=1S/C10H16N4O2/c1-13-4-2-3-8(5-13)6-14-7-9(10(15)16)11-12-14/h7-8H,2-6H2,1H3,(H,15,16). The summed E-state index contributed by atoms with van der Waals surface area (Å²) in [7, 11) is 2.11. The lowest BCUT2D eigenvalue weighted by molar-refractivity contribution is 0.0690. The highest BCUT2D eigenvalue weighted by atomic mass is 16.4. The molecule has 1 N–H and O–H groups in total. The Labute approximate surface area is 93.9 Å². The van der Waals surface area contributed by atoms with Crippen molar-refractivity contribution in [3.8, 4) is 0 Å². The third-order valence-electron chi connectivity index (χ3n) is 2.93. The molecule has 2 heterocycles. The van der Waals surface area contributed by atoms with Gasteiger partial charge in [-0.05, 0) is 32.4 Å². The van der Waals surface area contributed by atoms with E-state index in [1.165, 1.54) is 19.0 Å². The first-order chi connectivity index (χ1) is 7.65. The van der Waals surface area contributed by atoms with Crippen molar-refractivity contribution >= 4 is 5.97 Å². The second-order valence-corrected chi connectivity index (χ2v) is 4.40. The first-order valence-corrected chi connectivity index (χ1v) is 5.47. The summed E-state index contributed by atoms with van der Waals surface area (Å²) < 4.78 is 1.63. The van der Waals surface area contributed by atoms with E-state index in [-0.39, 0.29) is 5.69 Å². The monoisotopic (exact) mass is 224 g/mol. The third-order valence-corrected chi connectivity index (χ3v) is 2.93. The highest BCUT2D eigenvalue weighted by Crippen LogP contribution is 2.16. The average molecular weight is 224 g/mol. The van der Waals surface area contributed by atoms with Crippen LogP contribution in [-0.2, 0) is 6.54 Å². The third kappa shape index (κ3) is 2.57. The molecule has 2 rings (SSSR count). The lowest BCUT2D eigenvalue weighted by atomic mass is 9.99. The van der Waals surface area contributed by atoms with E-state index >= 15 is 0 Å². The zero-order chi connectivity index (χ0) is 11.5. The fourth-order valence-corrected chi connectivity index (χ4v) is 2.17. The molecule has 1 aromatic rings. The van der Waals surface area contributed by atoms with Gasteiger partial charge < -0.3 is 10.0 Å². The van der Waals surface area contributed by atoms with Gasteiger partial charge in [-0.1, -0.05) is 5.21 Å². The topological polar surface area (TPSA) is 71.2 Å². The zero-order valence-electron chi connectivity index (χ0n) is 9.33. The van der Waals surface area contributed by atoms with Gasteiger partial charge in [-0.25, -0.2) is 4.79 Å². The molecule has 1 atom stereocenters. The van der Waals surface area contributed by atoms with Crippen molar-refractivity contribution < 1.29 is 9.90 Å². The molecule has 1 saturated heterocycles. The van der Waals surface area contributed by atoms with E-state index in [0.29, 0.717) is 5.92 Å². The van der Waals surface area contributed by atoms with Gasteiger partial charge in [0.1, 0.15) is 0 Å². The molecular formula is C10H16N4O2. The first-order valence-electron chi connectivity index (χ1n) is 5.47. The van der Waals surface area contributed by atoms with Crippen molar-refractivity contribution in [3.63, 3.8) is 0 Å². The van der Waals surface area contributed by atoms with Crippen molar-refractivity contribution in [2.75, 3.05) is 20.1 Å². The van der Waals surface area contributed by atoms with E-state index in [1.807, 2.05) is 0 Å². The van der Waals surface area contributed by atoms with Gasteiger partial charge in [-0.2, -0.15) is 0 Å². The Hall–Kier alpha value is -1.43. The molecule has 16 heavy (non-hydrogen) atoms. The highest BCUT2D eigenvalue weighted by molar-refractivity contribution is 5.84. The van der Waals surface area contributed by atoms with E-state index in [2.05, 4.69) is 22.3 Å². The minimum absolute atomic E-state index is 0.0177. The van der Waals surface area contributed by atoms with Crippen LogP contribution in [0.4, 0.5) is 0 Å². The van der Waals surface area contributed by atoms with Gasteiger partial charge in [0.2, 0.25) is 0 Å². The number of aromatic nitrogens is 3. The van der Waals surface area contributed by atoms with Gasteiger partial charge in [-0.3, -0.25) is 4.68 Å². The molecule has 0 spiro atoms. The SMILES string of the molecule is CN1CCCC(Cn2cc(C(=O)O)nn2)C1. The van der Waals surface area contributed by atoms with Crippen molar-refractivity contribution in [2.24, 2.45) is 5.92 Å². The number of aromatic carboxylic acids is 1. The van der Waals surface area contributed by atoms with Crippen LogP contribution in [-0.4, -0.2) is 51.1 Å². The number of likely N-dealkylation sites (tertiary alicyclic amines) is 1. The first kappa shape index (κ1) is 11.1. The minimum atomic E-state index is -1.02. The van der Waals surface area contributed by atoms with Crippen molar-refractivity contribution in [1.82, 2.24) is 19.9 Å². The smallest absolute Gasteiger partial charge is 0.358 e. The van der Waals surface area contributed by atoms with Gasteiger partial charge in [0.15, 0.2) is 5.69 Å². The summed E-state index contributed by atoms with van der Waals surface area (Å²) in [5.41, 5.74) is 0.0177. The number of rotatable bonds is 3. The van der Waals surface area contributed by atoms with Crippen LogP contribution in [0.15, 0.2) is 6.20 Å². The Bertz CT molecular complexity index is 377. The molecule has 0 bridgehead atoms. The molecule has 1 aliphatic heterocycles. The Morgan fingerprint density at radius 2 is 2.50 bits per heavy atom. The summed E-state index contributed by atoms with van der Waals surface area (Å²) in [6, 6.07) is 0. The van der Waals surface area contributed by atoms with Crippen molar-refractivity contribution in [3.05, 3.63) is 11.9 Å². The van der Waals surface area contributed by atoms with Crippen LogP contribution >= 0.6 is 0 Å². The van der Waals surface area contributed by atoms with Crippen LogP contribution in [0, 0.1) is 5.92 Å². The summed E-state index contributed by atoms with van der Waals surface area (Å²) in [5, 5.41) is 16.1. The summed E-state index contributed by atoms with van der Waals surface area (Å²) >= 11 is 0. The lowest BCUT2D eigenvalue weighted by Crippen LogP contribution is -2.34. The summed E-state index contributed by atoms with van der Waals surface area (Å²) in [6.07, 6.45) is 3.87. The highest BCUT2D eigenvalue weighted by Gasteiger charge is 2.18. The quantitative estimate of drug-likeness (QED) is 0.800. The van der Waals surface area contributed by atoms with Gasteiger partial charge in [0.25, 0.3) is 0 Å². The molecule has 6 nitrogen and oxygen atoms in total. The van der Waals surface area contributed by atoms with Crippen LogP contribution in [0.3, 0.4) is 0 Å². The number of piperidine rings is 1. The maximum atomic E-state index is 10.6. The molecule has 0 saturated carbocycles. The fourth-order valence-electron chi connectivity index (χ4n) is 2.17. The van der Waals surface area contributed by atoms with Crippen LogP contribution in [0.1, 0.15) is 23.3 Å². The second kappa shape index (κ2) is 4.61. The van der Waals surface area contributed by atoms with Gasteiger partial charge >= 0.3 is 5.97 Å². The van der Waals surface area contributed by atoms with E-state index in [1.54, 1.807) is 4.68 Å². The predicted molar refractivity (Wildman–Crippen MR) is 57.2 cm³/mol. The molecular weight excluding hydrogens is 208 g/mol. The van der Waals surface area contributed by atoms with Crippen LogP contribution < -0.4 is 0 Å². The molecule has 0 aliphatic carbocycles. The molecule has 1 unspecified atom stereocenters. The van der Waals surface area contributed by atoms with Gasteiger partial charge in [-0.15, -0.1) is 5.10 Å². The predicted octanol–water partition coefficient (Wildman–Crippen LogP) is 0.318. The number of carbonyl (C=O) groups is 1. The zero-order valence-corrected chi connectivity index (χ0v) is 9.33. The number of carboxylic acid groups (broad SMARTS) is 1. The van der Waals surface area contributed by atoms with E-state index in [4.69, 9.17) is 5.11 Å². The molecule has 1 aromatic heterocycles. The average Bonchev–Trinajstić information content (AvgIpc) is 2.66. The normalized spacial score (nSPS) is 22.2. The Kier molecular flexibility index (Phi) is 3.19. The maximum absolute atomic E-state index is 10.6. The largest absolute Gasteiger partial charge is 0.476 e. The summed E-state index contributed by atoms with van der Waals surface area (Å²) in [4.78, 5) is 12.9. The molecule has 6 heteroatoms. The van der Waals surface area contributed by atoms with Crippen LogP contribution in [0.5, 0.6) is 0 Å². The van der Waals surface area contributed by atoms with Crippen molar-refractivity contribution in [1.29, 1.82) is 0 Å². The van der Waals surface area contributed by atoms with Crippen molar-refractivity contribution in [2.45, 2.75) is 19.4 Å². The maximum Gasteiger partial charge on any atom is 0.358 e. The molecule has 0 amide bonds. The number of nitrogens with zero attached hydrogens (tertiary/aromatic N) is 4. The Morgan fingerprint density at radius 3 is 3.12 bits per heavy atom. The number of hydrogen-bond acceptors (Lipinski definition) is 4.